The summed E-state index contributed by atoms with van der Waals surface area (Å²) in [4.78, 5) is 6.81. The highest BCUT2D eigenvalue weighted by Crippen LogP contribution is 2.24. The van der Waals surface area contributed by atoms with Gasteiger partial charge in [-0.05, 0) is 32.0 Å². The van der Waals surface area contributed by atoms with E-state index in [-0.39, 0.29) is 0 Å². The number of para-hydroxylation sites is 1. The van der Waals surface area contributed by atoms with Crippen LogP contribution in [0.3, 0.4) is 0 Å². The highest BCUT2D eigenvalue weighted by atomic mass is 16.4. The largest absolute Gasteiger partial charge is 0.423 e. The highest BCUT2D eigenvalue weighted by Gasteiger charge is 2.19. The average Bonchev–Trinajstić information content (AvgIpc) is 3.07. The van der Waals surface area contributed by atoms with E-state index in [0.717, 1.165) is 30.2 Å². The number of likely N-dealkylation sites (N-methyl/N-ethyl adjacent to an activating group) is 1. The molecule has 1 aromatic carbocycles. The quantitative estimate of drug-likeness (QED) is 0.821. The van der Waals surface area contributed by atoms with Crippen LogP contribution in [0.2, 0.25) is 0 Å². The molecule has 0 unspecified atom stereocenters. The number of fused-ring (bicyclic) bond motifs is 1. The van der Waals surface area contributed by atoms with Gasteiger partial charge in [0.1, 0.15) is 5.52 Å². The van der Waals surface area contributed by atoms with Gasteiger partial charge in [-0.1, -0.05) is 18.9 Å². The van der Waals surface area contributed by atoms with Crippen molar-refractivity contribution in [1.29, 1.82) is 0 Å². The third-order valence-corrected chi connectivity index (χ3v) is 4.14. The molecule has 0 spiro atoms. The van der Waals surface area contributed by atoms with Gasteiger partial charge in [0, 0.05) is 19.1 Å². The molecule has 1 aliphatic rings. The molecule has 0 bridgehead atoms. The standard InChI is InChI=1S/C15H22N4O/c1-19(11-5-2-3-6-11)10-9-17-15-18-14-12(16)7-4-8-13(14)20-15/h4,7-8,11H,2-3,5-6,9-10,16H2,1H3,(H,17,18). The van der Waals surface area contributed by atoms with E-state index in [2.05, 4.69) is 22.2 Å². The zero-order valence-electron chi connectivity index (χ0n) is 11.9. The number of nitrogens with zero attached hydrogens (tertiary/aromatic N) is 2. The molecular weight excluding hydrogens is 252 g/mol. The third kappa shape index (κ3) is 2.72. The molecule has 0 saturated heterocycles. The van der Waals surface area contributed by atoms with Gasteiger partial charge in [0.2, 0.25) is 0 Å². The predicted octanol–water partition coefficient (Wildman–Crippen LogP) is 2.70. The zero-order chi connectivity index (χ0) is 13.9. The Morgan fingerprint density at radius 1 is 1.40 bits per heavy atom. The Labute approximate surface area is 119 Å². The molecule has 1 heterocycles. The van der Waals surface area contributed by atoms with E-state index in [1.165, 1.54) is 25.7 Å². The number of nitrogens with one attached hydrogen (secondary N) is 1. The third-order valence-electron chi connectivity index (χ3n) is 4.14. The van der Waals surface area contributed by atoms with Crippen LogP contribution in [0, 0.1) is 0 Å². The van der Waals surface area contributed by atoms with E-state index in [1.54, 1.807) is 0 Å². The van der Waals surface area contributed by atoms with Crippen LogP contribution in [-0.2, 0) is 0 Å². The number of benzene rings is 1. The molecule has 1 aliphatic carbocycles. The van der Waals surface area contributed by atoms with Crippen LogP contribution in [-0.4, -0.2) is 36.1 Å². The number of hydrogen-bond acceptors (Lipinski definition) is 5. The second kappa shape index (κ2) is 5.71. The monoisotopic (exact) mass is 274 g/mol. The van der Waals surface area contributed by atoms with E-state index < -0.39 is 0 Å². The van der Waals surface area contributed by atoms with E-state index in [4.69, 9.17) is 10.2 Å². The molecule has 0 atom stereocenters. The van der Waals surface area contributed by atoms with Gasteiger partial charge >= 0.3 is 0 Å². The van der Waals surface area contributed by atoms with Crippen molar-refractivity contribution >= 4 is 22.8 Å². The van der Waals surface area contributed by atoms with E-state index in [0.29, 0.717) is 11.7 Å². The Balaban J connectivity index is 1.55. The Bertz CT molecular complexity index is 574. The van der Waals surface area contributed by atoms with Gasteiger partial charge in [-0.2, -0.15) is 4.98 Å². The molecule has 1 fully saturated rings. The highest BCUT2D eigenvalue weighted by molar-refractivity contribution is 5.86. The van der Waals surface area contributed by atoms with E-state index in [9.17, 15) is 0 Å². The van der Waals surface area contributed by atoms with Crippen LogP contribution in [0.5, 0.6) is 0 Å². The summed E-state index contributed by atoms with van der Waals surface area (Å²) in [5.41, 5.74) is 7.99. The van der Waals surface area contributed by atoms with Gasteiger partial charge in [0.25, 0.3) is 6.01 Å². The Morgan fingerprint density at radius 3 is 2.95 bits per heavy atom. The van der Waals surface area contributed by atoms with Gasteiger partial charge in [-0.25, -0.2) is 0 Å². The summed E-state index contributed by atoms with van der Waals surface area (Å²) < 4.78 is 5.64. The van der Waals surface area contributed by atoms with Crippen molar-refractivity contribution in [2.24, 2.45) is 0 Å². The van der Waals surface area contributed by atoms with Crippen molar-refractivity contribution in [3.63, 3.8) is 0 Å². The lowest BCUT2D eigenvalue weighted by molar-refractivity contribution is 0.254. The molecule has 1 aromatic heterocycles. The van der Waals surface area contributed by atoms with Crippen molar-refractivity contribution in [3.8, 4) is 0 Å². The predicted molar refractivity (Wildman–Crippen MR) is 81.8 cm³/mol. The van der Waals surface area contributed by atoms with Gasteiger partial charge in [0.05, 0.1) is 5.69 Å². The lowest BCUT2D eigenvalue weighted by Crippen LogP contribution is -2.33. The molecule has 5 heteroatoms. The number of aromatic nitrogens is 1. The molecule has 2 aromatic rings. The van der Waals surface area contributed by atoms with Crippen molar-refractivity contribution < 1.29 is 4.42 Å². The summed E-state index contributed by atoms with van der Waals surface area (Å²) in [6.45, 7) is 1.83. The average molecular weight is 274 g/mol. The fraction of sp³-hybridized carbons (Fsp3) is 0.533. The fourth-order valence-electron chi connectivity index (χ4n) is 2.91. The maximum atomic E-state index is 5.87. The van der Waals surface area contributed by atoms with Crippen LogP contribution in [0.4, 0.5) is 11.7 Å². The second-order valence-corrected chi connectivity index (χ2v) is 5.56. The molecule has 3 rings (SSSR count). The summed E-state index contributed by atoms with van der Waals surface area (Å²) in [6, 6.07) is 6.89. The summed E-state index contributed by atoms with van der Waals surface area (Å²) in [7, 11) is 2.20. The number of anilines is 2. The van der Waals surface area contributed by atoms with Crippen molar-refractivity contribution in [3.05, 3.63) is 18.2 Å². The number of rotatable bonds is 5. The maximum absolute atomic E-state index is 5.87. The second-order valence-electron chi connectivity index (χ2n) is 5.56. The van der Waals surface area contributed by atoms with Crippen molar-refractivity contribution in [2.75, 3.05) is 31.2 Å². The van der Waals surface area contributed by atoms with Crippen LogP contribution in [0.15, 0.2) is 22.6 Å². The lowest BCUT2D eigenvalue weighted by Gasteiger charge is -2.23. The first-order valence-corrected chi connectivity index (χ1v) is 7.33. The number of oxazole rings is 1. The Kier molecular flexibility index (Phi) is 3.78. The lowest BCUT2D eigenvalue weighted by atomic mass is 10.2. The van der Waals surface area contributed by atoms with Crippen LogP contribution in [0.25, 0.3) is 11.1 Å². The number of nitrogen functional groups attached to an aromatic ring is 1. The van der Waals surface area contributed by atoms with Crippen molar-refractivity contribution in [2.45, 2.75) is 31.7 Å². The smallest absolute Gasteiger partial charge is 0.295 e. The minimum atomic E-state index is 0.553. The number of nitrogens with two attached hydrogens (primary N) is 1. The minimum absolute atomic E-state index is 0.553. The zero-order valence-corrected chi connectivity index (χ0v) is 11.9. The van der Waals surface area contributed by atoms with Crippen molar-refractivity contribution in [1.82, 2.24) is 9.88 Å². The first-order valence-electron chi connectivity index (χ1n) is 7.33. The summed E-state index contributed by atoms with van der Waals surface area (Å²) in [5.74, 6) is 0. The molecule has 0 radical (unpaired) electrons. The van der Waals surface area contributed by atoms with Gasteiger partial charge in [0.15, 0.2) is 5.58 Å². The van der Waals surface area contributed by atoms with E-state index >= 15 is 0 Å². The van der Waals surface area contributed by atoms with Crippen LogP contribution >= 0.6 is 0 Å². The molecular formula is C15H22N4O. The molecule has 108 valence electrons. The molecule has 0 aliphatic heterocycles. The maximum Gasteiger partial charge on any atom is 0.295 e. The fourth-order valence-corrected chi connectivity index (χ4v) is 2.91. The number of hydrogen-bond donors (Lipinski definition) is 2. The molecule has 3 N–H and O–H groups in total. The van der Waals surface area contributed by atoms with Crippen LogP contribution in [0.1, 0.15) is 25.7 Å². The van der Waals surface area contributed by atoms with Crippen LogP contribution < -0.4 is 11.1 Å². The molecule has 20 heavy (non-hydrogen) atoms. The minimum Gasteiger partial charge on any atom is -0.423 e. The normalized spacial score (nSPS) is 16.3. The first-order chi connectivity index (χ1) is 9.74. The first kappa shape index (κ1) is 13.2. The molecule has 5 nitrogen and oxygen atoms in total. The summed E-state index contributed by atoms with van der Waals surface area (Å²) >= 11 is 0. The SMILES string of the molecule is CN(CCNc1nc2c(N)cccc2o1)C1CCCC1. The summed E-state index contributed by atoms with van der Waals surface area (Å²) in [6.07, 6.45) is 5.39. The summed E-state index contributed by atoms with van der Waals surface area (Å²) in [5, 5.41) is 3.24. The topological polar surface area (TPSA) is 67.3 Å². The van der Waals surface area contributed by atoms with Gasteiger partial charge < -0.3 is 20.4 Å². The Morgan fingerprint density at radius 2 is 2.20 bits per heavy atom. The van der Waals surface area contributed by atoms with E-state index in [1.807, 2.05) is 18.2 Å². The van der Waals surface area contributed by atoms with Gasteiger partial charge in [-0.3, -0.25) is 0 Å². The van der Waals surface area contributed by atoms with Gasteiger partial charge in [-0.15, -0.1) is 0 Å². The Hall–Kier alpha value is -1.75. The molecule has 0 amide bonds. The molecule has 1 saturated carbocycles.